The average Bonchev–Trinajstić information content (AvgIpc) is 2.27. The molecule has 1 amide bonds. The van der Waals surface area contributed by atoms with Crippen LogP contribution in [0.4, 0.5) is 4.79 Å². The van der Waals surface area contributed by atoms with Gasteiger partial charge in [0.25, 0.3) is 5.56 Å². The fraction of sp³-hybridized carbons (Fsp3) is 0.111. The first-order valence-corrected chi connectivity index (χ1v) is 4.41. The summed E-state index contributed by atoms with van der Waals surface area (Å²) in [5, 5.41) is 7.19. The number of carbonyl (C=O) groups is 1. The first-order valence-electron chi connectivity index (χ1n) is 4.41. The summed E-state index contributed by atoms with van der Waals surface area (Å²) in [4.78, 5) is 30.1. The topological polar surface area (TPSA) is 131 Å². The molecule has 8 heteroatoms. The number of nitrogens with two attached hydrogens (primary N) is 1. The Kier molecular flexibility index (Phi) is 3.98. The highest BCUT2D eigenvalue weighted by Crippen LogP contribution is 2.09. The van der Waals surface area contributed by atoms with E-state index in [0.29, 0.717) is 17.0 Å². The summed E-state index contributed by atoms with van der Waals surface area (Å²) in [5.74, 6) is 0.455. The summed E-state index contributed by atoms with van der Waals surface area (Å²) in [6.07, 6.45) is -0.115. The van der Waals surface area contributed by atoms with Crippen LogP contribution < -0.4 is 16.0 Å². The number of ether oxygens (including phenoxy) is 1. The van der Waals surface area contributed by atoms with Crippen LogP contribution in [0.2, 0.25) is 0 Å². The molecule has 4 N–H and O–H groups in total. The van der Waals surface area contributed by atoms with Crippen LogP contribution in [0.5, 0.6) is 5.88 Å². The zero-order valence-electron chi connectivity index (χ0n) is 8.88. The molecule has 17 heavy (non-hydrogen) atoms. The number of fused-ring (bicyclic) bond motifs is 1. The van der Waals surface area contributed by atoms with Crippen molar-refractivity contribution in [2.75, 3.05) is 7.11 Å². The first kappa shape index (κ1) is 12.4. The molecule has 0 atom stereocenters. The van der Waals surface area contributed by atoms with Crippen molar-refractivity contribution in [1.82, 2.24) is 15.0 Å². The van der Waals surface area contributed by atoms with Crippen LogP contribution in [0.1, 0.15) is 0 Å². The maximum absolute atomic E-state index is 10.9. The molecule has 2 rings (SSSR count). The molecule has 0 fully saturated rings. The zero-order chi connectivity index (χ0) is 12.8. The molecular formula is C9H10N4O4. The molecule has 0 saturated heterocycles. The van der Waals surface area contributed by atoms with Crippen molar-refractivity contribution < 1.29 is 14.6 Å². The number of aromatic amines is 1. The lowest BCUT2D eigenvalue weighted by molar-refractivity contribution is 0.205. The van der Waals surface area contributed by atoms with Crippen molar-refractivity contribution in [3.05, 3.63) is 28.7 Å². The number of aromatic nitrogens is 3. The largest absolute Gasteiger partial charge is 0.481 e. The van der Waals surface area contributed by atoms with Gasteiger partial charge in [0.15, 0.2) is 5.65 Å². The molecule has 0 radical (unpaired) electrons. The van der Waals surface area contributed by atoms with Gasteiger partial charge in [-0.25, -0.2) is 9.78 Å². The number of hydrogen-bond donors (Lipinski definition) is 3. The molecule has 2 aromatic heterocycles. The molecule has 0 aliphatic rings. The number of hydrogen-bond acceptors (Lipinski definition) is 5. The van der Waals surface area contributed by atoms with Crippen LogP contribution in [-0.2, 0) is 0 Å². The second-order valence-corrected chi connectivity index (χ2v) is 2.81. The van der Waals surface area contributed by atoms with E-state index < -0.39 is 6.09 Å². The summed E-state index contributed by atoms with van der Waals surface area (Å²) >= 11 is 0. The van der Waals surface area contributed by atoms with Gasteiger partial charge in [-0.2, -0.15) is 4.98 Å². The highest BCUT2D eigenvalue weighted by Gasteiger charge is 1.98. The van der Waals surface area contributed by atoms with Crippen molar-refractivity contribution in [1.29, 1.82) is 0 Å². The van der Waals surface area contributed by atoms with Crippen LogP contribution in [0.25, 0.3) is 11.2 Å². The number of H-pyrrole nitrogens is 1. The second-order valence-electron chi connectivity index (χ2n) is 2.81. The Balaban J connectivity index is 0.000000317. The fourth-order valence-electron chi connectivity index (χ4n) is 1.02. The summed E-state index contributed by atoms with van der Waals surface area (Å²) in [6, 6.07) is 3.42. The van der Waals surface area contributed by atoms with Crippen LogP contribution in [0, 0.1) is 0 Å². The van der Waals surface area contributed by atoms with E-state index in [1.54, 1.807) is 12.1 Å². The number of amides is 1. The molecule has 0 saturated carbocycles. The van der Waals surface area contributed by atoms with E-state index >= 15 is 0 Å². The molecule has 0 aliphatic carbocycles. The van der Waals surface area contributed by atoms with E-state index in [4.69, 9.17) is 14.6 Å². The molecule has 0 aromatic carbocycles. The molecule has 2 heterocycles. The summed E-state index contributed by atoms with van der Waals surface area (Å²) in [7, 11) is 1.52. The lowest BCUT2D eigenvalue weighted by Crippen LogP contribution is -2.06. The van der Waals surface area contributed by atoms with Gasteiger partial charge < -0.3 is 20.6 Å². The number of rotatable bonds is 1. The van der Waals surface area contributed by atoms with Gasteiger partial charge in [-0.05, 0) is 6.07 Å². The van der Waals surface area contributed by atoms with E-state index in [1.165, 1.54) is 13.3 Å². The Hall–Kier alpha value is -2.64. The van der Waals surface area contributed by atoms with Crippen molar-refractivity contribution in [2.24, 2.45) is 5.73 Å². The zero-order valence-corrected chi connectivity index (χ0v) is 8.88. The molecular weight excluding hydrogens is 228 g/mol. The predicted octanol–water partition coefficient (Wildman–Crippen LogP) is -0.0502. The van der Waals surface area contributed by atoms with Gasteiger partial charge in [-0.1, -0.05) is 0 Å². The maximum Gasteiger partial charge on any atom is 0.402 e. The molecule has 0 unspecified atom stereocenters. The van der Waals surface area contributed by atoms with Gasteiger partial charge in [0.05, 0.1) is 13.3 Å². The summed E-state index contributed by atoms with van der Waals surface area (Å²) < 4.78 is 4.90. The van der Waals surface area contributed by atoms with E-state index in [2.05, 4.69) is 20.7 Å². The molecule has 0 aliphatic heterocycles. The van der Waals surface area contributed by atoms with Gasteiger partial charge in [0.1, 0.15) is 5.52 Å². The van der Waals surface area contributed by atoms with E-state index in [-0.39, 0.29) is 5.56 Å². The van der Waals surface area contributed by atoms with Crippen molar-refractivity contribution >= 4 is 17.3 Å². The molecule has 8 nitrogen and oxygen atoms in total. The highest BCUT2D eigenvalue weighted by atomic mass is 16.5. The van der Waals surface area contributed by atoms with Crippen LogP contribution in [-0.4, -0.2) is 33.3 Å². The Morgan fingerprint density at radius 3 is 2.76 bits per heavy atom. The second kappa shape index (κ2) is 5.45. The number of nitrogens with one attached hydrogen (secondary N) is 1. The number of pyridine rings is 1. The minimum absolute atomic E-state index is 0.270. The van der Waals surface area contributed by atoms with Gasteiger partial charge in [0, 0.05) is 6.07 Å². The monoisotopic (exact) mass is 238 g/mol. The molecule has 0 spiro atoms. The fourth-order valence-corrected chi connectivity index (χ4v) is 1.02. The average molecular weight is 238 g/mol. The summed E-state index contributed by atoms with van der Waals surface area (Å²) in [5.41, 5.74) is 4.83. The normalized spacial score (nSPS) is 9.24. The standard InChI is InChI=1S/C8H7N3O2.CH3NO2/c1-13-7-3-2-5-8(11-7)10-6(12)4-9-5;2-1(3)4/h2-4H,1H3,(H,10,11,12);2H2,(H,3,4). The Labute approximate surface area is 95.1 Å². The molecule has 0 bridgehead atoms. The van der Waals surface area contributed by atoms with E-state index in [0.717, 1.165) is 0 Å². The Bertz CT molecular complexity index is 576. The van der Waals surface area contributed by atoms with Gasteiger partial charge >= 0.3 is 6.09 Å². The first-order chi connectivity index (χ1) is 8.02. The van der Waals surface area contributed by atoms with E-state index in [1.807, 2.05) is 0 Å². The van der Waals surface area contributed by atoms with Gasteiger partial charge in [-0.15, -0.1) is 0 Å². The van der Waals surface area contributed by atoms with E-state index in [9.17, 15) is 4.79 Å². The Morgan fingerprint density at radius 1 is 1.53 bits per heavy atom. The predicted molar refractivity (Wildman–Crippen MR) is 58.9 cm³/mol. The molecule has 90 valence electrons. The van der Waals surface area contributed by atoms with Gasteiger partial charge in [-0.3, -0.25) is 4.79 Å². The lowest BCUT2D eigenvalue weighted by Gasteiger charge is -1.98. The number of methoxy groups -OCH3 is 1. The van der Waals surface area contributed by atoms with Crippen molar-refractivity contribution in [3.8, 4) is 5.88 Å². The molecule has 2 aromatic rings. The highest BCUT2D eigenvalue weighted by molar-refractivity contribution is 5.69. The van der Waals surface area contributed by atoms with Gasteiger partial charge in [0.2, 0.25) is 5.88 Å². The third kappa shape index (κ3) is 3.78. The van der Waals surface area contributed by atoms with Crippen LogP contribution in [0.15, 0.2) is 23.1 Å². The quantitative estimate of drug-likeness (QED) is 0.638. The van der Waals surface area contributed by atoms with Crippen molar-refractivity contribution in [2.45, 2.75) is 0 Å². The lowest BCUT2D eigenvalue weighted by atomic mass is 10.4. The van der Waals surface area contributed by atoms with Crippen LogP contribution in [0.3, 0.4) is 0 Å². The minimum atomic E-state index is -1.33. The summed E-state index contributed by atoms with van der Waals surface area (Å²) in [6.45, 7) is 0. The minimum Gasteiger partial charge on any atom is -0.481 e. The Morgan fingerprint density at radius 2 is 2.18 bits per heavy atom. The third-order valence-electron chi connectivity index (χ3n) is 1.62. The SMILES string of the molecule is COc1ccc2ncc(=O)[nH]c2n1.NC(=O)O. The smallest absolute Gasteiger partial charge is 0.402 e. The number of primary amides is 1. The maximum atomic E-state index is 10.9. The van der Waals surface area contributed by atoms with Crippen molar-refractivity contribution in [3.63, 3.8) is 0 Å². The third-order valence-corrected chi connectivity index (χ3v) is 1.62. The number of nitrogens with zero attached hydrogens (tertiary/aromatic N) is 2. The number of carboxylic acid groups (broad SMARTS) is 1. The van der Waals surface area contributed by atoms with Crippen LogP contribution >= 0.6 is 0 Å².